The van der Waals surface area contributed by atoms with E-state index in [2.05, 4.69) is 10.4 Å². The Hall–Kier alpha value is -2.45. The van der Waals surface area contributed by atoms with Crippen molar-refractivity contribution in [2.24, 2.45) is 17.6 Å². The molecule has 164 valence electrons. The topological polar surface area (TPSA) is 110 Å². The number of carbonyl (C=O) groups excluding carboxylic acids is 2. The molecule has 3 N–H and O–H groups in total. The zero-order valence-corrected chi connectivity index (χ0v) is 18.3. The maximum absolute atomic E-state index is 13.3. The van der Waals surface area contributed by atoms with Gasteiger partial charge in [0, 0.05) is 38.1 Å². The van der Waals surface area contributed by atoms with Crippen LogP contribution in [-0.2, 0) is 11.3 Å². The van der Waals surface area contributed by atoms with E-state index in [1.165, 1.54) is 4.68 Å². The first-order valence-electron chi connectivity index (χ1n) is 10.2. The molecule has 1 unspecified atom stereocenters. The van der Waals surface area contributed by atoms with Gasteiger partial charge in [0.15, 0.2) is 5.69 Å². The average molecular weight is 436 g/mol. The smallest absolute Gasteiger partial charge is 0.274 e. The SMILES string of the molecule is CC(C)Cn1nc(C(=O)N2CCCC(C(=O)NCCN)C2)c2ccccc2c1=O.Cl. The van der Waals surface area contributed by atoms with E-state index >= 15 is 0 Å². The number of nitrogens with one attached hydrogen (secondary N) is 1. The van der Waals surface area contributed by atoms with Gasteiger partial charge in [0.1, 0.15) is 0 Å². The monoisotopic (exact) mass is 435 g/mol. The molecule has 0 bridgehead atoms. The van der Waals surface area contributed by atoms with Gasteiger partial charge in [-0.2, -0.15) is 5.10 Å². The van der Waals surface area contributed by atoms with E-state index in [9.17, 15) is 14.4 Å². The number of halogens is 1. The number of amides is 2. The van der Waals surface area contributed by atoms with Gasteiger partial charge in [-0.3, -0.25) is 14.4 Å². The van der Waals surface area contributed by atoms with E-state index in [0.717, 1.165) is 12.8 Å². The molecule has 1 aliphatic rings. The fraction of sp³-hybridized carbons (Fsp3) is 0.524. The number of rotatable bonds is 6. The number of piperidine rings is 1. The quantitative estimate of drug-likeness (QED) is 0.712. The fourth-order valence-electron chi connectivity index (χ4n) is 3.73. The van der Waals surface area contributed by atoms with Crippen molar-refractivity contribution in [3.63, 3.8) is 0 Å². The first kappa shape index (κ1) is 23.8. The van der Waals surface area contributed by atoms with Crippen LogP contribution in [0.2, 0.25) is 0 Å². The average Bonchev–Trinajstić information content (AvgIpc) is 2.73. The van der Waals surface area contributed by atoms with Crippen molar-refractivity contribution in [1.29, 1.82) is 0 Å². The lowest BCUT2D eigenvalue weighted by atomic mass is 9.96. The molecule has 1 fully saturated rings. The first-order chi connectivity index (χ1) is 13.9. The Morgan fingerprint density at radius 3 is 2.63 bits per heavy atom. The van der Waals surface area contributed by atoms with Gasteiger partial charge in [0.25, 0.3) is 11.5 Å². The Morgan fingerprint density at radius 2 is 1.97 bits per heavy atom. The maximum Gasteiger partial charge on any atom is 0.274 e. The number of aromatic nitrogens is 2. The highest BCUT2D eigenvalue weighted by Crippen LogP contribution is 2.21. The second kappa shape index (κ2) is 10.5. The van der Waals surface area contributed by atoms with Crippen LogP contribution in [0.25, 0.3) is 10.8 Å². The molecular weight excluding hydrogens is 406 g/mol. The lowest BCUT2D eigenvalue weighted by molar-refractivity contribution is -0.126. The number of hydrogen-bond acceptors (Lipinski definition) is 5. The molecule has 8 nitrogen and oxygen atoms in total. The summed E-state index contributed by atoms with van der Waals surface area (Å²) in [6, 6.07) is 7.07. The van der Waals surface area contributed by atoms with Crippen molar-refractivity contribution < 1.29 is 9.59 Å². The van der Waals surface area contributed by atoms with Crippen molar-refractivity contribution in [1.82, 2.24) is 20.0 Å². The van der Waals surface area contributed by atoms with Gasteiger partial charge in [-0.25, -0.2) is 4.68 Å². The third kappa shape index (κ3) is 5.17. The second-order valence-corrected chi connectivity index (χ2v) is 7.95. The molecule has 1 saturated heterocycles. The van der Waals surface area contributed by atoms with Gasteiger partial charge in [0.05, 0.1) is 11.3 Å². The molecule has 2 amide bonds. The zero-order valence-electron chi connectivity index (χ0n) is 17.5. The largest absolute Gasteiger partial charge is 0.355 e. The zero-order chi connectivity index (χ0) is 21.0. The summed E-state index contributed by atoms with van der Waals surface area (Å²) in [6.45, 7) is 6.16. The van der Waals surface area contributed by atoms with Crippen molar-refractivity contribution in [3.05, 3.63) is 40.3 Å². The molecule has 30 heavy (non-hydrogen) atoms. The summed E-state index contributed by atoms with van der Waals surface area (Å²) in [4.78, 5) is 40.1. The summed E-state index contributed by atoms with van der Waals surface area (Å²) in [6.07, 6.45) is 1.48. The summed E-state index contributed by atoms with van der Waals surface area (Å²) < 4.78 is 1.38. The minimum absolute atomic E-state index is 0. The van der Waals surface area contributed by atoms with Crippen molar-refractivity contribution in [2.45, 2.75) is 33.2 Å². The Labute approximate surface area is 182 Å². The standard InChI is InChI=1S/C21H29N5O3.ClH/c1-14(2)12-26-20(28)17-8-4-3-7-16(17)18(24-26)21(29)25-11-5-6-15(13-25)19(27)23-10-9-22;/h3-4,7-8,14-15H,5-6,9-13,22H2,1-2H3,(H,23,27);1H. The molecule has 1 aromatic heterocycles. The summed E-state index contributed by atoms with van der Waals surface area (Å²) in [5.41, 5.74) is 5.53. The lowest BCUT2D eigenvalue weighted by Crippen LogP contribution is -2.46. The van der Waals surface area contributed by atoms with Gasteiger partial charge in [-0.15, -0.1) is 12.4 Å². The number of carbonyl (C=O) groups is 2. The number of fused-ring (bicyclic) bond motifs is 1. The minimum atomic E-state index is -0.257. The molecule has 2 heterocycles. The van der Waals surface area contributed by atoms with Gasteiger partial charge in [-0.1, -0.05) is 32.0 Å². The molecule has 0 saturated carbocycles. The van der Waals surface area contributed by atoms with Gasteiger partial charge < -0.3 is 16.0 Å². The Balaban J connectivity index is 0.00000320. The highest BCUT2D eigenvalue weighted by molar-refractivity contribution is 6.05. The van der Waals surface area contributed by atoms with E-state index in [0.29, 0.717) is 43.5 Å². The molecule has 1 aliphatic heterocycles. The molecular formula is C21H30ClN5O3. The van der Waals surface area contributed by atoms with Crippen molar-refractivity contribution in [3.8, 4) is 0 Å². The summed E-state index contributed by atoms with van der Waals surface area (Å²) in [5, 5.41) is 8.28. The number of nitrogens with zero attached hydrogens (tertiary/aromatic N) is 3. The van der Waals surface area contributed by atoms with Crippen LogP contribution >= 0.6 is 12.4 Å². The Bertz CT molecular complexity index is 959. The van der Waals surface area contributed by atoms with Crippen LogP contribution in [-0.4, -0.2) is 52.7 Å². The van der Waals surface area contributed by atoms with E-state index < -0.39 is 0 Å². The van der Waals surface area contributed by atoms with Gasteiger partial charge >= 0.3 is 0 Å². The van der Waals surface area contributed by atoms with E-state index in [-0.39, 0.29) is 47.3 Å². The Morgan fingerprint density at radius 1 is 1.27 bits per heavy atom. The predicted octanol–water partition coefficient (Wildman–Crippen LogP) is 1.40. The molecule has 0 aliphatic carbocycles. The molecule has 2 aromatic rings. The highest BCUT2D eigenvalue weighted by atomic mass is 35.5. The summed E-state index contributed by atoms with van der Waals surface area (Å²) in [7, 11) is 0. The maximum atomic E-state index is 13.3. The third-order valence-corrected chi connectivity index (χ3v) is 5.13. The number of nitrogens with two attached hydrogens (primary N) is 1. The Kier molecular flexibility index (Phi) is 8.37. The van der Waals surface area contributed by atoms with Crippen LogP contribution in [0.1, 0.15) is 37.2 Å². The van der Waals surface area contributed by atoms with Gasteiger partial charge in [0.2, 0.25) is 5.91 Å². The van der Waals surface area contributed by atoms with Crippen molar-refractivity contribution >= 4 is 35.0 Å². The van der Waals surface area contributed by atoms with Crippen LogP contribution in [0.4, 0.5) is 0 Å². The van der Waals surface area contributed by atoms with Crippen molar-refractivity contribution in [2.75, 3.05) is 26.2 Å². The minimum Gasteiger partial charge on any atom is -0.355 e. The summed E-state index contributed by atoms with van der Waals surface area (Å²) in [5.74, 6) is -0.354. The van der Waals surface area contributed by atoms with Crippen LogP contribution < -0.4 is 16.6 Å². The van der Waals surface area contributed by atoms with E-state index in [4.69, 9.17) is 5.73 Å². The first-order valence-corrected chi connectivity index (χ1v) is 10.2. The molecule has 1 atom stereocenters. The van der Waals surface area contributed by atoms with Crippen LogP contribution in [0.15, 0.2) is 29.1 Å². The fourth-order valence-corrected chi connectivity index (χ4v) is 3.73. The molecule has 0 radical (unpaired) electrons. The number of hydrogen-bond donors (Lipinski definition) is 2. The number of likely N-dealkylation sites (tertiary alicyclic amines) is 1. The summed E-state index contributed by atoms with van der Waals surface area (Å²) >= 11 is 0. The molecule has 3 rings (SSSR count). The van der Waals surface area contributed by atoms with Crippen LogP contribution in [0.3, 0.4) is 0 Å². The highest BCUT2D eigenvalue weighted by Gasteiger charge is 2.30. The van der Waals surface area contributed by atoms with Gasteiger partial charge in [-0.05, 0) is 24.8 Å². The molecule has 0 spiro atoms. The second-order valence-electron chi connectivity index (χ2n) is 7.95. The van der Waals surface area contributed by atoms with E-state index in [1.807, 2.05) is 13.8 Å². The third-order valence-electron chi connectivity index (χ3n) is 5.13. The van der Waals surface area contributed by atoms with E-state index in [1.54, 1.807) is 29.2 Å². The predicted molar refractivity (Wildman–Crippen MR) is 119 cm³/mol. The van der Waals surface area contributed by atoms with Crippen LogP contribution in [0, 0.1) is 11.8 Å². The molecule has 1 aromatic carbocycles. The lowest BCUT2D eigenvalue weighted by Gasteiger charge is -2.32. The molecule has 9 heteroatoms. The normalized spacial score (nSPS) is 16.4. The van der Waals surface area contributed by atoms with Crippen LogP contribution in [0.5, 0.6) is 0 Å². The number of benzene rings is 1.